The number of hydrogen-bond donors (Lipinski definition) is 1. The summed E-state index contributed by atoms with van der Waals surface area (Å²) in [5.41, 5.74) is 4.97. The number of halogens is 2. The van der Waals surface area contributed by atoms with Gasteiger partial charge in [0, 0.05) is 49.9 Å². The fourth-order valence-electron chi connectivity index (χ4n) is 5.86. The van der Waals surface area contributed by atoms with Crippen LogP contribution in [0.5, 0.6) is 0 Å². The van der Waals surface area contributed by atoms with Gasteiger partial charge in [0.2, 0.25) is 5.91 Å². The summed E-state index contributed by atoms with van der Waals surface area (Å²) in [6.07, 6.45) is 7.30. The number of carbonyl (C=O) groups excluding carboxylic acids is 1. The largest absolute Gasteiger partial charge is 0.351 e. The molecule has 9 heteroatoms. The lowest BCUT2D eigenvalue weighted by Crippen LogP contribution is -2.43. The molecule has 1 saturated carbocycles. The van der Waals surface area contributed by atoms with Crippen LogP contribution in [0.1, 0.15) is 42.0 Å². The van der Waals surface area contributed by atoms with E-state index in [4.69, 9.17) is 5.10 Å². The molecule has 0 radical (unpaired) electrons. The summed E-state index contributed by atoms with van der Waals surface area (Å²) in [5.74, 6) is -1.95. The Labute approximate surface area is 226 Å². The number of para-hydroxylation sites is 1. The molecule has 1 saturated heterocycles. The molecule has 2 aliphatic rings. The second-order valence-corrected chi connectivity index (χ2v) is 10.7. The van der Waals surface area contributed by atoms with Gasteiger partial charge in [0.1, 0.15) is 0 Å². The number of nitrogens with zero attached hydrogens (tertiary/aromatic N) is 5. The van der Waals surface area contributed by atoms with Crippen LogP contribution in [-0.2, 0) is 18.3 Å². The Bertz CT molecular complexity index is 1490. The quantitative estimate of drug-likeness (QED) is 0.381. The van der Waals surface area contributed by atoms with Gasteiger partial charge in [-0.2, -0.15) is 10.2 Å². The predicted octanol–water partition coefficient (Wildman–Crippen LogP) is 4.54. The van der Waals surface area contributed by atoms with Gasteiger partial charge in [-0.05, 0) is 55.2 Å². The van der Waals surface area contributed by atoms with Crippen molar-refractivity contribution in [1.29, 1.82) is 0 Å². The highest BCUT2D eigenvalue weighted by atomic mass is 19.2. The van der Waals surface area contributed by atoms with E-state index in [1.54, 1.807) is 16.9 Å². The molecule has 1 N–H and O–H groups in total. The van der Waals surface area contributed by atoms with Gasteiger partial charge in [-0.15, -0.1) is 0 Å². The van der Waals surface area contributed by atoms with Crippen LogP contribution < -0.4 is 5.32 Å². The van der Waals surface area contributed by atoms with Crippen molar-refractivity contribution in [2.45, 2.75) is 50.6 Å². The molecular formula is C30H32F2N6O. The SMILES string of the molecule is Cc1c(-c2cnn(C)c2)nn(-c2ccccc2)c1CC(=O)N[C@@H]1CN(C2CCC2)C[C@H]1c1ccc(F)c(F)c1. The fourth-order valence-corrected chi connectivity index (χ4v) is 5.86. The maximum Gasteiger partial charge on any atom is 0.226 e. The number of aromatic nitrogens is 4. The van der Waals surface area contributed by atoms with E-state index in [1.165, 1.54) is 18.6 Å². The molecule has 1 amide bonds. The fraction of sp³-hybridized carbons (Fsp3) is 0.367. The van der Waals surface area contributed by atoms with Crippen molar-refractivity contribution in [3.8, 4) is 16.9 Å². The summed E-state index contributed by atoms with van der Waals surface area (Å²) >= 11 is 0. The lowest BCUT2D eigenvalue weighted by Gasteiger charge is -2.34. The lowest BCUT2D eigenvalue weighted by atomic mass is 9.91. The Morgan fingerprint density at radius 1 is 1.08 bits per heavy atom. The smallest absolute Gasteiger partial charge is 0.226 e. The highest BCUT2D eigenvalue weighted by Crippen LogP contribution is 2.35. The van der Waals surface area contributed by atoms with E-state index in [9.17, 15) is 13.6 Å². The van der Waals surface area contributed by atoms with Gasteiger partial charge in [0.25, 0.3) is 0 Å². The third-order valence-corrected chi connectivity index (χ3v) is 8.21. The summed E-state index contributed by atoms with van der Waals surface area (Å²) in [5, 5.41) is 12.4. The highest BCUT2D eigenvalue weighted by Gasteiger charge is 2.39. The lowest BCUT2D eigenvalue weighted by molar-refractivity contribution is -0.121. The number of nitrogens with one attached hydrogen (secondary N) is 1. The average Bonchev–Trinajstić information content (AvgIpc) is 3.58. The second-order valence-electron chi connectivity index (χ2n) is 10.7. The van der Waals surface area contributed by atoms with Crippen LogP contribution in [0.15, 0.2) is 60.9 Å². The molecule has 2 aromatic heterocycles. The van der Waals surface area contributed by atoms with E-state index >= 15 is 0 Å². The molecule has 4 aromatic rings. The maximum atomic E-state index is 14.1. The minimum absolute atomic E-state index is 0.115. The van der Waals surface area contributed by atoms with E-state index in [2.05, 4.69) is 15.3 Å². The van der Waals surface area contributed by atoms with E-state index in [-0.39, 0.29) is 24.3 Å². The Morgan fingerprint density at radius 2 is 1.87 bits per heavy atom. The topological polar surface area (TPSA) is 68.0 Å². The third-order valence-electron chi connectivity index (χ3n) is 8.21. The maximum absolute atomic E-state index is 14.1. The summed E-state index contributed by atoms with van der Waals surface area (Å²) in [6, 6.07) is 14.1. The highest BCUT2D eigenvalue weighted by molar-refractivity contribution is 5.80. The average molecular weight is 531 g/mol. The first-order chi connectivity index (χ1) is 18.9. The van der Waals surface area contributed by atoms with Crippen molar-refractivity contribution in [3.63, 3.8) is 0 Å². The van der Waals surface area contributed by atoms with Crippen LogP contribution >= 0.6 is 0 Å². The van der Waals surface area contributed by atoms with Crippen molar-refractivity contribution in [1.82, 2.24) is 29.8 Å². The third kappa shape index (κ3) is 4.98. The number of benzene rings is 2. The molecule has 0 bridgehead atoms. The molecule has 1 aliphatic heterocycles. The van der Waals surface area contributed by atoms with E-state index in [0.717, 1.165) is 41.0 Å². The van der Waals surface area contributed by atoms with Gasteiger partial charge in [-0.25, -0.2) is 13.5 Å². The number of aryl methyl sites for hydroxylation is 1. The minimum Gasteiger partial charge on any atom is -0.351 e. The molecular weight excluding hydrogens is 498 g/mol. The Hall–Kier alpha value is -3.85. The zero-order valence-corrected chi connectivity index (χ0v) is 22.1. The van der Waals surface area contributed by atoms with Crippen LogP contribution in [0, 0.1) is 18.6 Å². The molecule has 0 unspecified atom stereocenters. The molecule has 6 rings (SSSR count). The molecule has 2 aromatic carbocycles. The summed E-state index contributed by atoms with van der Waals surface area (Å²) < 4.78 is 31.4. The number of carbonyl (C=O) groups is 1. The number of rotatable bonds is 7. The van der Waals surface area contributed by atoms with Gasteiger partial charge < -0.3 is 5.32 Å². The van der Waals surface area contributed by atoms with Crippen LogP contribution in [0.25, 0.3) is 16.9 Å². The molecule has 3 heterocycles. The van der Waals surface area contributed by atoms with Gasteiger partial charge in [0.15, 0.2) is 11.6 Å². The van der Waals surface area contributed by atoms with Crippen LogP contribution in [0.2, 0.25) is 0 Å². The Balaban J connectivity index is 1.28. The summed E-state index contributed by atoms with van der Waals surface area (Å²) in [6.45, 7) is 3.39. The number of likely N-dealkylation sites (tertiary alicyclic amines) is 1. The van der Waals surface area contributed by atoms with Gasteiger partial charge in [-0.3, -0.25) is 14.4 Å². The monoisotopic (exact) mass is 530 g/mol. The first-order valence-corrected chi connectivity index (χ1v) is 13.5. The van der Waals surface area contributed by atoms with Gasteiger partial charge in [-0.1, -0.05) is 30.7 Å². The first kappa shape index (κ1) is 25.4. The molecule has 1 aliphatic carbocycles. The van der Waals surface area contributed by atoms with Crippen molar-refractivity contribution < 1.29 is 13.6 Å². The van der Waals surface area contributed by atoms with Gasteiger partial charge in [0.05, 0.1) is 29.7 Å². The number of hydrogen-bond acceptors (Lipinski definition) is 4. The molecule has 2 atom stereocenters. The zero-order chi connectivity index (χ0) is 27.1. The number of amides is 1. The van der Waals surface area contributed by atoms with Crippen LogP contribution in [0.4, 0.5) is 8.78 Å². The minimum atomic E-state index is -0.859. The Morgan fingerprint density at radius 3 is 2.54 bits per heavy atom. The standard InChI is InChI=1S/C30H32F2N6O/c1-19-28(38(23-7-4-3-5-8-23)35-30(19)21-15-33-36(2)16-21)14-29(39)34-27-18-37(22-9-6-10-22)17-24(27)20-11-12-25(31)26(32)13-20/h3-5,7-8,11-13,15-16,22,24,27H,6,9-10,14,17-18H2,1-2H3,(H,34,39)/t24-,27+/m0/s1. The molecule has 2 fully saturated rings. The van der Waals surface area contributed by atoms with E-state index < -0.39 is 11.6 Å². The van der Waals surface area contributed by atoms with Crippen molar-refractivity contribution in [2.75, 3.05) is 13.1 Å². The van der Waals surface area contributed by atoms with Crippen LogP contribution in [-0.4, -0.2) is 55.5 Å². The molecule has 202 valence electrons. The summed E-state index contributed by atoms with van der Waals surface area (Å²) in [7, 11) is 1.86. The van der Waals surface area contributed by atoms with Crippen LogP contribution in [0.3, 0.4) is 0 Å². The van der Waals surface area contributed by atoms with Gasteiger partial charge >= 0.3 is 0 Å². The van der Waals surface area contributed by atoms with E-state index in [1.807, 2.05) is 55.2 Å². The Kier molecular flexibility index (Phi) is 6.76. The first-order valence-electron chi connectivity index (χ1n) is 13.5. The molecule has 0 spiro atoms. The normalized spacial score (nSPS) is 19.8. The zero-order valence-electron chi connectivity index (χ0n) is 22.1. The second kappa shape index (κ2) is 10.4. The summed E-state index contributed by atoms with van der Waals surface area (Å²) in [4.78, 5) is 16.0. The molecule has 7 nitrogen and oxygen atoms in total. The van der Waals surface area contributed by atoms with E-state index in [0.29, 0.717) is 24.7 Å². The molecule has 39 heavy (non-hydrogen) atoms. The van der Waals surface area contributed by atoms with Crippen molar-refractivity contribution in [2.24, 2.45) is 7.05 Å². The van der Waals surface area contributed by atoms with Crippen molar-refractivity contribution in [3.05, 3.63) is 89.4 Å². The predicted molar refractivity (Wildman–Crippen MR) is 144 cm³/mol. The van der Waals surface area contributed by atoms with Crippen molar-refractivity contribution >= 4 is 5.91 Å².